The molecule has 5 aromatic rings. The van der Waals surface area contributed by atoms with Gasteiger partial charge in [-0.05, 0) is 67.4 Å². The number of carbonyl (C=O) groups excluding carboxylic acids is 3. The first kappa shape index (κ1) is 35.5. The lowest BCUT2D eigenvalue weighted by atomic mass is 10.1. The zero-order valence-electron chi connectivity index (χ0n) is 27.0. The lowest BCUT2D eigenvalue weighted by molar-refractivity contribution is -0.123. The average molecular weight is 704 g/mol. The van der Waals surface area contributed by atoms with Crippen molar-refractivity contribution in [3.8, 4) is 5.75 Å². The first-order valence-corrected chi connectivity index (χ1v) is 16.2. The van der Waals surface area contributed by atoms with Crippen molar-refractivity contribution in [1.82, 2.24) is 19.8 Å². The number of carbonyl (C=O) groups is 3. The van der Waals surface area contributed by atoms with Crippen LogP contribution in [0.1, 0.15) is 33.8 Å². The van der Waals surface area contributed by atoms with Gasteiger partial charge in [-0.15, -0.1) is 11.3 Å². The second kappa shape index (κ2) is 16.1. The molecule has 0 spiro atoms. The van der Waals surface area contributed by atoms with Crippen LogP contribution in [-0.2, 0) is 22.7 Å². The van der Waals surface area contributed by atoms with Crippen LogP contribution < -0.4 is 20.9 Å². The Kier molecular flexibility index (Phi) is 11.4. The van der Waals surface area contributed by atoms with E-state index >= 15 is 0 Å². The summed E-state index contributed by atoms with van der Waals surface area (Å²) in [4.78, 5) is 57.7. The molecule has 2 aromatic heterocycles. The summed E-state index contributed by atoms with van der Waals surface area (Å²) in [7, 11) is 3.18. The van der Waals surface area contributed by atoms with Crippen molar-refractivity contribution in [1.29, 1.82) is 0 Å². The first-order valence-electron chi connectivity index (χ1n) is 15.4. The number of amides is 3. The van der Waals surface area contributed by atoms with E-state index in [9.17, 15) is 32.3 Å². The first-order chi connectivity index (χ1) is 24.0. The van der Waals surface area contributed by atoms with Crippen LogP contribution in [-0.4, -0.2) is 52.3 Å². The maximum atomic E-state index is 14.3. The Hall–Kier alpha value is -5.76. The van der Waals surface area contributed by atoms with Crippen molar-refractivity contribution in [3.63, 3.8) is 0 Å². The molecule has 1 atom stereocenters. The number of benzene rings is 3. The molecule has 0 radical (unpaired) electrons. The van der Waals surface area contributed by atoms with Crippen LogP contribution in [0.4, 0.5) is 18.9 Å². The fourth-order valence-electron chi connectivity index (χ4n) is 4.81. The van der Waals surface area contributed by atoms with E-state index in [4.69, 9.17) is 4.74 Å². The van der Waals surface area contributed by atoms with Crippen LogP contribution >= 0.6 is 11.3 Å². The van der Waals surface area contributed by atoms with E-state index in [1.54, 1.807) is 44.4 Å². The molecule has 10 nitrogen and oxygen atoms in total. The van der Waals surface area contributed by atoms with E-state index in [0.29, 0.717) is 21.0 Å². The third-order valence-electron chi connectivity index (χ3n) is 7.47. The number of hydrogen-bond donors (Lipinski definition) is 2. The van der Waals surface area contributed by atoms with Crippen LogP contribution in [0.5, 0.6) is 5.75 Å². The number of pyridine rings is 1. The zero-order chi connectivity index (χ0) is 35.8. The number of nitrogens with zero attached hydrogens (tertiary/aromatic N) is 3. The van der Waals surface area contributed by atoms with E-state index < -0.39 is 40.9 Å². The molecule has 14 heteroatoms. The average Bonchev–Trinajstić information content (AvgIpc) is 3.50. The van der Waals surface area contributed by atoms with Gasteiger partial charge in [0.15, 0.2) is 0 Å². The lowest BCUT2D eigenvalue weighted by Gasteiger charge is -2.18. The van der Waals surface area contributed by atoms with Crippen molar-refractivity contribution in [2.45, 2.75) is 32.0 Å². The molecule has 0 aliphatic rings. The molecule has 0 unspecified atom stereocenters. The Morgan fingerprint density at radius 1 is 1.00 bits per heavy atom. The Labute approximate surface area is 288 Å². The van der Waals surface area contributed by atoms with E-state index in [1.165, 1.54) is 63.4 Å². The van der Waals surface area contributed by atoms with Gasteiger partial charge in [-0.2, -0.15) is 0 Å². The Bertz CT molecular complexity index is 2130. The second-order valence-corrected chi connectivity index (χ2v) is 12.4. The molecule has 3 aromatic carbocycles. The van der Waals surface area contributed by atoms with Gasteiger partial charge in [-0.1, -0.05) is 24.3 Å². The maximum Gasteiger partial charge on any atom is 0.274 e. The van der Waals surface area contributed by atoms with Gasteiger partial charge in [0.2, 0.25) is 11.8 Å². The number of likely N-dealkylation sites (N-methyl/N-ethyl adjacent to an activating group) is 1. The molecular weight excluding hydrogens is 671 g/mol. The molecule has 5 rings (SSSR count). The van der Waals surface area contributed by atoms with Gasteiger partial charge >= 0.3 is 0 Å². The minimum absolute atomic E-state index is 0.0477. The van der Waals surface area contributed by atoms with Crippen LogP contribution in [0.15, 0.2) is 95.9 Å². The molecule has 0 bridgehead atoms. The summed E-state index contributed by atoms with van der Waals surface area (Å²) in [5, 5.41) is 5.66. The molecule has 258 valence electrons. The number of rotatable bonds is 13. The van der Waals surface area contributed by atoms with Gasteiger partial charge in [0.25, 0.3) is 11.5 Å². The number of halogens is 3. The summed E-state index contributed by atoms with van der Waals surface area (Å²) in [6.45, 7) is -0.0854. The Morgan fingerprint density at radius 3 is 2.56 bits per heavy atom. The lowest BCUT2D eigenvalue weighted by Crippen LogP contribution is -2.44. The minimum atomic E-state index is -1.18. The number of allylic oxidation sites excluding steroid dienone is 1. The number of hydrogen-bond acceptors (Lipinski definition) is 7. The van der Waals surface area contributed by atoms with Crippen LogP contribution in [0.25, 0.3) is 10.2 Å². The summed E-state index contributed by atoms with van der Waals surface area (Å²) in [6.07, 6.45) is 4.70. The molecule has 3 amide bonds. The van der Waals surface area contributed by atoms with Gasteiger partial charge in [0, 0.05) is 31.9 Å². The van der Waals surface area contributed by atoms with Crippen LogP contribution in [0.2, 0.25) is 0 Å². The summed E-state index contributed by atoms with van der Waals surface area (Å²) in [5.41, 5.74) is -0.0815. The number of ether oxygens (including phenoxy) is 1. The topological polar surface area (TPSA) is 123 Å². The van der Waals surface area contributed by atoms with Crippen molar-refractivity contribution < 1.29 is 32.3 Å². The molecule has 0 saturated carbocycles. The smallest absolute Gasteiger partial charge is 0.274 e. The second-order valence-electron chi connectivity index (χ2n) is 11.3. The highest BCUT2D eigenvalue weighted by atomic mass is 32.1. The summed E-state index contributed by atoms with van der Waals surface area (Å²) in [6, 6.07) is 15.6. The highest BCUT2D eigenvalue weighted by Crippen LogP contribution is 2.32. The van der Waals surface area contributed by atoms with Gasteiger partial charge < -0.3 is 24.8 Å². The molecule has 2 N–H and O–H groups in total. The van der Waals surface area contributed by atoms with Gasteiger partial charge in [-0.3, -0.25) is 19.2 Å². The highest BCUT2D eigenvalue weighted by Gasteiger charge is 2.24. The van der Waals surface area contributed by atoms with Crippen molar-refractivity contribution in [2.24, 2.45) is 0 Å². The molecule has 0 fully saturated rings. The summed E-state index contributed by atoms with van der Waals surface area (Å²) >= 11 is 1.27. The van der Waals surface area contributed by atoms with Gasteiger partial charge in [0.1, 0.15) is 46.5 Å². The molecule has 0 aliphatic carbocycles. The molecule has 0 saturated heterocycles. The highest BCUT2D eigenvalue weighted by molar-refractivity contribution is 7.19. The maximum absolute atomic E-state index is 14.3. The molecule has 2 heterocycles. The number of thiazole rings is 1. The van der Waals surface area contributed by atoms with Crippen molar-refractivity contribution in [2.75, 3.05) is 19.4 Å². The van der Waals surface area contributed by atoms with Gasteiger partial charge in [0.05, 0.1) is 22.3 Å². The fraction of sp³-hybridized carbons (Fsp3) is 0.194. The van der Waals surface area contributed by atoms with Crippen LogP contribution in [0, 0.1) is 17.5 Å². The van der Waals surface area contributed by atoms with Gasteiger partial charge in [-0.25, -0.2) is 18.2 Å². The predicted molar refractivity (Wildman–Crippen MR) is 183 cm³/mol. The molecular formula is C36H32F3N5O5S. The number of nitrogens with one attached hydrogen (secondary N) is 2. The fourth-order valence-corrected chi connectivity index (χ4v) is 5.84. The number of aromatic nitrogens is 2. The third kappa shape index (κ3) is 8.82. The Morgan fingerprint density at radius 2 is 1.80 bits per heavy atom. The summed E-state index contributed by atoms with van der Waals surface area (Å²) < 4.78 is 49.6. The molecule has 0 aliphatic heterocycles. The van der Waals surface area contributed by atoms with Crippen molar-refractivity contribution >= 4 is 45.0 Å². The predicted octanol–water partition coefficient (Wildman–Crippen LogP) is 5.66. The van der Waals surface area contributed by atoms with E-state index in [0.717, 1.165) is 18.2 Å². The minimum Gasteiger partial charge on any atom is -0.487 e. The largest absolute Gasteiger partial charge is 0.487 e. The summed E-state index contributed by atoms with van der Waals surface area (Å²) in [5.74, 6) is -3.52. The van der Waals surface area contributed by atoms with Crippen LogP contribution in [0.3, 0.4) is 0 Å². The quantitative estimate of drug-likeness (QED) is 0.153. The van der Waals surface area contributed by atoms with E-state index in [1.807, 2.05) is 0 Å². The standard InChI is InChI=1S/C36H32F3N5O5S/c1-43(2)32(45)15-6-5-11-28(41-34(46)24-9-3-4-10-25(24)38)35(47)42-29-13-8-18-44(36(29)48)20-31-40-27-12-7-14-30(33(27)50-31)49-21-22-16-17-23(37)19-26(22)39/h3-4,6-10,12-19,28H,5,11,20-21H2,1-2H3,(H,41,46)(H,42,47)/b15-6+/t28-/m0/s1. The van der Waals surface area contributed by atoms with Crippen molar-refractivity contribution in [3.05, 3.63) is 135 Å². The monoisotopic (exact) mass is 703 g/mol. The Balaban J connectivity index is 1.31. The SMILES string of the molecule is CN(C)C(=O)/C=C/CC[C@H](NC(=O)c1ccccc1F)C(=O)Nc1cccn(Cc2nc3cccc(OCc4ccc(F)cc4F)c3s2)c1=O. The normalized spacial score (nSPS) is 11.8. The van der Waals surface area contributed by atoms with E-state index in [-0.39, 0.29) is 48.7 Å². The number of anilines is 1. The zero-order valence-corrected chi connectivity index (χ0v) is 27.8. The van der Waals surface area contributed by atoms with E-state index in [2.05, 4.69) is 15.6 Å². The molecule has 50 heavy (non-hydrogen) atoms. The third-order valence-corrected chi connectivity index (χ3v) is 8.54. The number of fused-ring (bicyclic) bond motifs is 1.